The van der Waals surface area contributed by atoms with Gasteiger partial charge in [0.15, 0.2) is 0 Å². The van der Waals surface area contributed by atoms with Crippen molar-refractivity contribution in [2.45, 2.75) is 37.5 Å². The molecule has 0 aromatic carbocycles. The molecule has 17 heavy (non-hydrogen) atoms. The van der Waals surface area contributed by atoms with Gasteiger partial charge in [-0.15, -0.1) is 0 Å². The second-order valence-electron chi connectivity index (χ2n) is 4.68. The molecular formula is C12H20BrN3S. The van der Waals surface area contributed by atoms with Crippen molar-refractivity contribution in [1.82, 2.24) is 15.1 Å². The number of aromatic nitrogens is 2. The fraction of sp³-hybridized carbons (Fsp3) is 0.750. The van der Waals surface area contributed by atoms with Gasteiger partial charge in [0.25, 0.3) is 0 Å². The van der Waals surface area contributed by atoms with E-state index in [2.05, 4.69) is 39.5 Å². The van der Waals surface area contributed by atoms with E-state index in [9.17, 15) is 0 Å². The first-order valence-corrected chi connectivity index (χ1v) is 8.10. The van der Waals surface area contributed by atoms with Crippen molar-refractivity contribution in [3.8, 4) is 0 Å². The Balaban J connectivity index is 1.92. The lowest BCUT2D eigenvalue weighted by Crippen LogP contribution is -2.26. The highest BCUT2D eigenvalue weighted by Crippen LogP contribution is 2.46. The smallest absolute Gasteiger partial charge is 0.0767 e. The largest absolute Gasteiger partial charge is 0.310 e. The van der Waals surface area contributed by atoms with Crippen LogP contribution in [-0.4, -0.2) is 27.3 Å². The molecule has 0 saturated heterocycles. The minimum Gasteiger partial charge on any atom is -0.310 e. The summed E-state index contributed by atoms with van der Waals surface area (Å²) in [5.74, 6) is 0. The number of hydrogen-bond donors (Lipinski definition) is 1. The normalized spacial score (nSPS) is 17.4. The lowest BCUT2D eigenvalue weighted by Gasteiger charge is -2.13. The van der Waals surface area contributed by atoms with Crippen LogP contribution in [0.3, 0.4) is 0 Å². The summed E-state index contributed by atoms with van der Waals surface area (Å²) < 4.78 is 3.68. The van der Waals surface area contributed by atoms with Gasteiger partial charge in [-0.3, -0.25) is 4.68 Å². The second kappa shape index (κ2) is 5.33. The van der Waals surface area contributed by atoms with Crippen molar-refractivity contribution in [3.63, 3.8) is 0 Å². The van der Waals surface area contributed by atoms with Crippen LogP contribution in [0.4, 0.5) is 0 Å². The Morgan fingerprint density at radius 2 is 2.24 bits per heavy atom. The van der Waals surface area contributed by atoms with E-state index in [0.29, 0.717) is 4.75 Å². The maximum absolute atomic E-state index is 4.50. The molecule has 1 aromatic rings. The molecule has 3 nitrogen and oxygen atoms in total. The van der Waals surface area contributed by atoms with Gasteiger partial charge in [0.05, 0.1) is 15.9 Å². The number of hydrogen-bond acceptors (Lipinski definition) is 3. The third-order valence-electron chi connectivity index (χ3n) is 3.48. The van der Waals surface area contributed by atoms with Crippen LogP contribution in [0.5, 0.6) is 0 Å². The number of thioether (sulfide) groups is 1. The molecule has 1 saturated carbocycles. The summed E-state index contributed by atoms with van der Waals surface area (Å²) in [7, 11) is 2.02. The van der Waals surface area contributed by atoms with E-state index in [4.69, 9.17) is 0 Å². The van der Waals surface area contributed by atoms with Crippen molar-refractivity contribution in [1.29, 1.82) is 0 Å². The SMILES string of the molecule is CCc1nn(C)c(CNCC2(SC)CC2)c1Br. The van der Waals surface area contributed by atoms with Crippen LogP contribution in [0, 0.1) is 0 Å². The molecule has 1 N–H and O–H groups in total. The number of rotatable bonds is 6. The van der Waals surface area contributed by atoms with Crippen LogP contribution < -0.4 is 5.32 Å². The van der Waals surface area contributed by atoms with E-state index in [1.807, 2.05) is 23.5 Å². The number of nitrogens with one attached hydrogen (secondary N) is 1. The van der Waals surface area contributed by atoms with E-state index in [-0.39, 0.29) is 0 Å². The molecule has 1 heterocycles. The molecule has 0 bridgehead atoms. The molecule has 1 aromatic heterocycles. The first-order valence-electron chi connectivity index (χ1n) is 6.08. The summed E-state index contributed by atoms with van der Waals surface area (Å²) in [4.78, 5) is 0. The average Bonchev–Trinajstić information content (AvgIpc) is 3.05. The highest BCUT2D eigenvalue weighted by Gasteiger charge is 2.41. The van der Waals surface area contributed by atoms with Gasteiger partial charge in [-0.1, -0.05) is 6.92 Å². The van der Waals surface area contributed by atoms with Crippen LogP contribution in [0.15, 0.2) is 4.47 Å². The number of aryl methyl sites for hydroxylation is 2. The fourth-order valence-electron chi connectivity index (χ4n) is 2.01. The maximum Gasteiger partial charge on any atom is 0.0767 e. The predicted molar refractivity (Wildman–Crippen MR) is 77.5 cm³/mol. The summed E-state index contributed by atoms with van der Waals surface area (Å²) in [5, 5.41) is 8.07. The topological polar surface area (TPSA) is 29.9 Å². The Hall–Kier alpha value is -0.000000000000000111. The first kappa shape index (κ1) is 13.4. The van der Waals surface area contributed by atoms with Crippen molar-refractivity contribution in [2.75, 3.05) is 12.8 Å². The number of halogens is 1. The van der Waals surface area contributed by atoms with Crippen molar-refractivity contribution in [3.05, 3.63) is 15.9 Å². The quantitative estimate of drug-likeness (QED) is 0.875. The van der Waals surface area contributed by atoms with Gasteiger partial charge < -0.3 is 5.32 Å². The Bertz CT molecular complexity index is 399. The van der Waals surface area contributed by atoms with Crippen LogP contribution in [0.1, 0.15) is 31.2 Å². The lowest BCUT2D eigenvalue weighted by molar-refractivity contribution is 0.610. The molecule has 1 aliphatic rings. The summed E-state index contributed by atoms with van der Waals surface area (Å²) >= 11 is 5.64. The zero-order valence-electron chi connectivity index (χ0n) is 10.7. The zero-order chi connectivity index (χ0) is 12.5. The minimum atomic E-state index is 0.526. The van der Waals surface area contributed by atoms with Crippen LogP contribution in [0.25, 0.3) is 0 Å². The highest BCUT2D eigenvalue weighted by atomic mass is 79.9. The molecule has 0 unspecified atom stereocenters. The van der Waals surface area contributed by atoms with Gasteiger partial charge in [0.1, 0.15) is 0 Å². The van der Waals surface area contributed by atoms with Crippen LogP contribution in [0.2, 0.25) is 0 Å². The molecule has 1 fully saturated rings. The molecule has 96 valence electrons. The molecule has 0 spiro atoms. The van der Waals surface area contributed by atoms with Crippen molar-refractivity contribution < 1.29 is 0 Å². The summed E-state index contributed by atoms with van der Waals surface area (Å²) in [5.41, 5.74) is 2.40. The third-order valence-corrected chi connectivity index (χ3v) is 5.82. The van der Waals surface area contributed by atoms with E-state index >= 15 is 0 Å². The van der Waals surface area contributed by atoms with Gasteiger partial charge in [0, 0.05) is 24.9 Å². The van der Waals surface area contributed by atoms with Gasteiger partial charge in [-0.05, 0) is 41.4 Å². The molecule has 5 heteroatoms. The van der Waals surface area contributed by atoms with Crippen LogP contribution >= 0.6 is 27.7 Å². The fourth-order valence-corrected chi connectivity index (χ4v) is 3.53. The van der Waals surface area contributed by atoms with Gasteiger partial charge in [0.2, 0.25) is 0 Å². The lowest BCUT2D eigenvalue weighted by atomic mass is 10.3. The van der Waals surface area contributed by atoms with Crippen LogP contribution in [-0.2, 0) is 20.0 Å². The Labute approximate surface area is 116 Å². The van der Waals surface area contributed by atoms with E-state index in [1.54, 1.807) is 0 Å². The molecule has 2 rings (SSSR count). The Morgan fingerprint density at radius 1 is 1.53 bits per heavy atom. The molecule has 1 aliphatic carbocycles. The first-order chi connectivity index (χ1) is 8.12. The zero-order valence-corrected chi connectivity index (χ0v) is 13.1. The minimum absolute atomic E-state index is 0.526. The van der Waals surface area contributed by atoms with Gasteiger partial charge in [-0.25, -0.2) is 0 Å². The Kier molecular flexibility index (Phi) is 4.21. The molecule has 0 aliphatic heterocycles. The molecule has 0 radical (unpaired) electrons. The molecule has 0 atom stereocenters. The van der Waals surface area contributed by atoms with E-state index in [1.165, 1.54) is 23.0 Å². The Morgan fingerprint density at radius 3 is 2.71 bits per heavy atom. The molecule has 0 amide bonds. The van der Waals surface area contributed by atoms with E-state index < -0.39 is 0 Å². The van der Waals surface area contributed by atoms with E-state index in [0.717, 1.165) is 25.2 Å². The summed E-state index contributed by atoms with van der Waals surface area (Å²) in [6, 6.07) is 0. The van der Waals surface area contributed by atoms with Gasteiger partial charge >= 0.3 is 0 Å². The standard InChI is InChI=1S/C12H20BrN3S/c1-4-9-11(13)10(16(2)15-9)7-14-8-12(17-3)5-6-12/h14H,4-8H2,1-3H3. The third kappa shape index (κ3) is 2.88. The summed E-state index contributed by atoms with van der Waals surface area (Å²) in [6.07, 6.45) is 5.90. The highest BCUT2D eigenvalue weighted by molar-refractivity contribution is 9.10. The maximum atomic E-state index is 4.50. The monoisotopic (exact) mass is 317 g/mol. The number of nitrogens with zero attached hydrogens (tertiary/aromatic N) is 2. The van der Waals surface area contributed by atoms with Crippen molar-refractivity contribution in [2.24, 2.45) is 7.05 Å². The van der Waals surface area contributed by atoms with Crippen molar-refractivity contribution >= 4 is 27.7 Å². The van der Waals surface area contributed by atoms with Gasteiger partial charge in [-0.2, -0.15) is 16.9 Å². The second-order valence-corrected chi connectivity index (χ2v) is 6.74. The average molecular weight is 318 g/mol. The molecular weight excluding hydrogens is 298 g/mol. The summed E-state index contributed by atoms with van der Waals surface area (Å²) in [6.45, 7) is 4.14. The predicted octanol–water partition coefficient (Wildman–Crippen LogP) is 2.73.